The molecule has 2 rings (SSSR count). The Labute approximate surface area is 89.5 Å². The Bertz CT molecular complexity index is 377. The van der Waals surface area contributed by atoms with E-state index in [2.05, 4.69) is 23.1 Å². The number of hydrogen-bond acceptors (Lipinski definition) is 4. The summed E-state index contributed by atoms with van der Waals surface area (Å²) in [4.78, 5) is 4.35. The van der Waals surface area contributed by atoms with Gasteiger partial charge in [0, 0.05) is 5.57 Å². The molecule has 0 bridgehead atoms. The van der Waals surface area contributed by atoms with E-state index in [-0.39, 0.29) is 5.54 Å². The van der Waals surface area contributed by atoms with Gasteiger partial charge in [-0.15, -0.1) is 0 Å². The van der Waals surface area contributed by atoms with Gasteiger partial charge in [0.2, 0.25) is 0 Å². The van der Waals surface area contributed by atoms with E-state index in [1.54, 1.807) is 0 Å². The summed E-state index contributed by atoms with van der Waals surface area (Å²) in [5, 5.41) is 3.96. The Morgan fingerprint density at radius 3 is 2.87 bits per heavy atom. The van der Waals surface area contributed by atoms with Crippen LogP contribution in [0.15, 0.2) is 10.6 Å². The standard InChI is InChI=1S/C11H17N3O/c1-3-5-8(2)9-13-10(14-15-9)11(12)6-4-7-11/h5H,3-4,6-7,12H2,1-2H3/b8-5-. The molecule has 0 aliphatic heterocycles. The minimum Gasteiger partial charge on any atom is -0.334 e. The first kappa shape index (κ1) is 10.4. The van der Waals surface area contributed by atoms with Gasteiger partial charge in [-0.2, -0.15) is 4.98 Å². The fraction of sp³-hybridized carbons (Fsp3) is 0.636. The molecule has 1 aromatic rings. The maximum absolute atomic E-state index is 6.11. The van der Waals surface area contributed by atoms with Crippen molar-refractivity contribution >= 4 is 5.57 Å². The molecule has 1 fully saturated rings. The van der Waals surface area contributed by atoms with Gasteiger partial charge in [0.15, 0.2) is 5.82 Å². The van der Waals surface area contributed by atoms with Crippen molar-refractivity contribution in [2.45, 2.75) is 45.1 Å². The van der Waals surface area contributed by atoms with Gasteiger partial charge in [-0.05, 0) is 32.6 Å². The third-order valence-electron chi connectivity index (χ3n) is 2.96. The number of allylic oxidation sites excluding steroid dienone is 2. The summed E-state index contributed by atoms with van der Waals surface area (Å²) in [6.07, 6.45) is 6.12. The van der Waals surface area contributed by atoms with E-state index in [0.29, 0.717) is 11.7 Å². The van der Waals surface area contributed by atoms with Gasteiger partial charge in [-0.3, -0.25) is 0 Å². The maximum Gasteiger partial charge on any atom is 0.253 e. The highest BCUT2D eigenvalue weighted by Gasteiger charge is 2.38. The van der Waals surface area contributed by atoms with Crippen molar-refractivity contribution in [1.29, 1.82) is 0 Å². The lowest BCUT2D eigenvalue weighted by Gasteiger charge is -2.34. The summed E-state index contributed by atoms with van der Waals surface area (Å²) >= 11 is 0. The highest BCUT2D eigenvalue weighted by atomic mass is 16.5. The normalized spacial score (nSPS) is 20.1. The average molecular weight is 207 g/mol. The molecular formula is C11H17N3O. The van der Waals surface area contributed by atoms with Crippen molar-refractivity contribution in [3.05, 3.63) is 17.8 Å². The van der Waals surface area contributed by atoms with Gasteiger partial charge in [0.05, 0.1) is 5.54 Å². The van der Waals surface area contributed by atoms with Crippen LogP contribution in [-0.2, 0) is 5.54 Å². The summed E-state index contributed by atoms with van der Waals surface area (Å²) < 4.78 is 5.19. The number of hydrogen-bond donors (Lipinski definition) is 1. The second kappa shape index (κ2) is 3.77. The predicted octanol–water partition coefficient (Wildman–Crippen LogP) is 2.22. The molecule has 0 atom stereocenters. The molecule has 1 saturated carbocycles. The summed E-state index contributed by atoms with van der Waals surface area (Å²) in [5.74, 6) is 1.26. The zero-order valence-electron chi connectivity index (χ0n) is 9.29. The van der Waals surface area contributed by atoms with Crippen molar-refractivity contribution in [3.8, 4) is 0 Å². The van der Waals surface area contributed by atoms with Crippen LogP contribution in [0.3, 0.4) is 0 Å². The van der Waals surface area contributed by atoms with Crippen LogP contribution in [-0.4, -0.2) is 10.1 Å². The average Bonchev–Trinajstić information content (AvgIpc) is 2.63. The smallest absolute Gasteiger partial charge is 0.253 e. The molecule has 0 unspecified atom stereocenters. The molecule has 4 nitrogen and oxygen atoms in total. The number of nitrogens with two attached hydrogens (primary N) is 1. The van der Waals surface area contributed by atoms with Crippen molar-refractivity contribution in [2.24, 2.45) is 5.73 Å². The Morgan fingerprint density at radius 2 is 2.33 bits per heavy atom. The highest BCUT2D eigenvalue weighted by Crippen LogP contribution is 2.37. The van der Waals surface area contributed by atoms with Crippen LogP contribution in [0.4, 0.5) is 0 Å². The molecule has 0 spiro atoms. The third kappa shape index (κ3) is 1.81. The molecule has 1 aliphatic carbocycles. The molecule has 0 aromatic carbocycles. The van der Waals surface area contributed by atoms with E-state index in [4.69, 9.17) is 10.3 Å². The fourth-order valence-electron chi connectivity index (χ4n) is 1.76. The molecule has 0 saturated heterocycles. The van der Waals surface area contributed by atoms with Crippen molar-refractivity contribution < 1.29 is 4.52 Å². The molecule has 0 radical (unpaired) electrons. The van der Waals surface area contributed by atoms with Gasteiger partial charge in [-0.1, -0.05) is 18.2 Å². The summed E-state index contributed by atoms with van der Waals surface area (Å²) in [5.41, 5.74) is 6.81. The zero-order valence-corrected chi connectivity index (χ0v) is 9.29. The van der Waals surface area contributed by atoms with Crippen LogP contribution in [0, 0.1) is 0 Å². The van der Waals surface area contributed by atoms with E-state index in [9.17, 15) is 0 Å². The zero-order chi connectivity index (χ0) is 10.9. The van der Waals surface area contributed by atoms with E-state index < -0.39 is 0 Å². The molecule has 82 valence electrons. The first-order valence-electron chi connectivity index (χ1n) is 5.46. The second-order valence-corrected chi connectivity index (χ2v) is 4.23. The van der Waals surface area contributed by atoms with Crippen LogP contribution < -0.4 is 5.73 Å². The summed E-state index contributed by atoms with van der Waals surface area (Å²) in [6.45, 7) is 4.06. The van der Waals surface area contributed by atoms with Crippen molar-refractivity contribution in [2.75, 3.05) is 0 Å². The molecular weight excluding hydrogens is 190 g/mol. The van der Waals surface area contributed by atoms with Crippen LogP contribution in [0.5, 0.6) is 0 Å². The molecule has 2 N–H and O–H groups in total. The lowest BCUT2D eigenvalue weighted by Crippen LogP contribution is -2.44. The Balaban J connectivity index is 2.20. The first-order valence-corrected chi connectivity index (χ1v) is 5.46. The third-order valence-corrected chi connectivity index (χ3v) is 2.96. The largest absolute Gasteiger partial charge is 0.334 e. The predicted molar refractivity (Wildman–Crippen MR) is 58.0 cm³/mol. The Kier molecular flexibility index (Phi) is 2.61. The van der Waals surface area contributed by atoms with Crippen molar-refractivity contribution in [1.82, 2.24) is 10.1 Å². The molecule has 1 heterocycles. The molecule has 1 aromatic heterocycles. The van der Waals surface area contributed by atoms with Crippen LogP contribution in [0.25, 0.3) is 5.57 Å². The number of aromatic nitrogens is 2. The first-order chi connectivity index (χ1) is 7.15. The molecule has 15 heavy (non-hydrogen) atoms. The minimum absolute atomic E-state index is 0.325. The summed E-state index contributed by atoms with van der Waals surface area (Å²) in [6, 6.07) is 0. The van der Waals surface area contributed by atoms with Gasteiger partial charge < -0.3 is 10.3 Å². The van der Waals surface area contributed by atoms with Crippen LogP contribution in [0.1, 0.15) is 51.2 Å². The van der Waals surface area contributed by atoms with Gasteiger partial charge in [0.25, 0.3) is 5.89 Å². The van der Waals surface area contributed by atoms with E-state index >= 15 is 0 Å². The topological polar surface area (TPSA) is 64.9 Å². The SMILES string of the molecule is CC/C=C(/C)c1nc(C2(N)CCC2)no1. The van der Waals surface area contributed by atoms with Crippen LogP contribution >= 0.6 is 0 Å². The quantitative estimate of drug-likeness (QED) is 0.825. The fourth-order valence-corrected chi connectivity index (χ4v) is 1.76. The highest BCUT2D eigenvalue weighted by molar-refractivity contribution is 5.55. The second-order valence-electron chi connectivity index (χ2n) is 4.23. The monoisotopic (exact) mass is 207 g/mol. The van der Waals surface area contributed by atoms with Gasteiger partial charge in [-0.25, -0.2) is 0 Å². The van der Waals surface area contributed by atoms with E-state index in [1.165, 1.54) is 0 Å². The van der Waals surface area contributed by atoms with Crippen molar-refractivity contribution in [3.63, 3.8) is 0 Å². The Hall–Kier alpha value is -1.16. The molecule has 4 heteroatoms. The number of rotatable bonds is 3. The Morgan fingerprint density at radius 1 is 1.60 bits per heavy atom. The minimum atomic E-state index is -0.325. The van der Waals surface area contributed by atoms with Gasteiger partial charge in [0.1, 0.15) is 0 Å². The lowest BCUT2D eigenvalue weighted by molar-refractivity contribution is 0.229. The van der Waals surface area contributed by atoms with Crippen LogP contribution in [0.2, 0.25) is 0 Å². The number of nitrogens with zero attached hydrogens (tertiary/aromatic N) is 2. The van der Waals surface area contributed by atoms with E-state index in [1.807, 2.05) is 6.92 Å². The van der Waals surface area contributed by atoms with Gasteiger partial charge >= 0.3 is 0 Å². The maximum atomic E-state index is 6.11. The summed E-state index contributed by atoms with van der Waals surface area (Å²) in [7, 11) is 0. The van der Waals surface area contributed by atoms with E-state index in [0.717, 1.165) is 31.3 Å². The molecule has 1 aliphatic rings. The molecule has 0 amide bonds. The lowest BCUT2D eigenvalue weighted by atomic mass is 9.77.